The molecule has 3 heteroatoms. The zero-order chi connectivity index (χ0) is 15.5. The van der Waals surface area contributed by atoms with Crippen LogP contribution >= 0.6 is 0 Å². The van der Waals surface area contributed by atoms with E-state index in [9.17, 15) is 9.65 Å². The van der Waals surface area contributed by atoms with Crippen LogP contribution < -0.4 is 0 Å². The maximum atomic E-state index is 13.1. The van der Waals surface area contributed by atoms with Crippen LogP contribution in [0.2, 0.25) is 0 Å². The monoisotopic (exact) mass is 301 g/mol. The van der Waals surface area contributed by atoms with Crippen LogP contribution in [0, 0.1) is 40.8 Å². The van der Waals surface area contributed by atoms with Crippen LogP contribution in [0.5, 0.6) is 0 Å². The van der Waals surface area contributed by atoms with Crippen molar-refractivity contribution in [1.29, 1.82) is 5.26 Å². The smallest absolute Gasteiger partial charge is 0.123 e. The van der Waals surface area contributed by atoms with Gasteiger partial charge in [0.15, 0.2) is 0 Å². The number of ether oxygens (including phenoxy) is 1. The van der Waals surface area contributed by atoms with Crippen LogP contribution in [0.3, 0.4) is 0 Å². The van der Waals surface area contributed by atoms with Crippen LogP contribution in [-0.2, 0) is 4.74 Å². The highest BCUT2D eigenvalue weighted by molar-refractivity contribution is 5.21. The molecule has 5 atom stereocenters. The summed E-state index contributed by atoms with van der Waals surface area (Å²) in [6.45, 7) is 0.781. The van der Waals surface area contributed by atoms with Gasteiger partial charge in [0.25, 0.3) is 0 Å². The van der Waals surface area contributed by atoms with Gasteiger partial charge >= 0.3 is 0 Å². The third-order valence-electron chi connectivity index (χ3n) is 5.70. The molecule has 5 unspecified atom stereocenters. The van der Waals surface area contributed by atoms with Crippen molar-refractivity contribution in [2.24, 2.45) is 23.7 Å². The number of methoxy groups -OCH3 is 1. The lowest BCUT2D eigenvalue weighted by Crippen LogP contribution is -2.37. The summed E-state index contributed by atoms with van der Waals surface area (Å²) in [6.07, 6.45) is 5.60. The molecule has 0 heterocycles. The Kier molecular flexibility index (Phi) is 4.78. The molecule has 3 rings (SSSR count). The first-order chi connectivity index (χ1) is 10.7. The Balaban J connectivity index is 1.71. The Labute approximate surface area is 132 Å². The van der Waals surface area contributed by atoms with E-state index in [-0.39, 0.29) is 11.7 Å². The number of halogens is 1. The molecule has 0 bridgehead atoms. The van der Waals surface area contributed by atoms with Gasteiger partial charge in [0.2, 0.25) is 0 Å². The number of hydrogen-bond acceptors (Lipinski definition) is 2. The van der Waals surface area contributed by atoms with Crippen LogP contribution in [0.15, 0.2) is 24.3 Å². The first-order valence-corrected chi connectivity index (χ1v) is 8.35. The molecule has 2 aliphatic rings. The van der Waals surface area contributed by atoms with Gasteiger partial charge in [-0.15, -0.1) is 0 Å². The molecule has 0 amide bonds. The number of benzene rings is 1. The predicted molar refractivity (Wildman–Crippen MR) is 83.7 cm³/mol. The first-order valence-electron chi connectivity index (χ1n) is 8.35. The standard InChI is InChI=1S/C19H24FNO/c1-22-12-13-8-16-3-2-15(10-19(16)17(9-13)11-21)14-4-6-18(20)7-5-14/h4-7,13,15-17,19H,2-3,8-10,12H2,1H3. The highest BCUT2D eigenvalue weighted by atomic mass is 19.1. The molecule has 0 aromatic heterocycles. The Morgan fingerprint density at radius 2 is 1.95 bits per heavy atom. The van der Waals surface area contributed by atoms with Crippen molar-refractivity contribution in [3.05, 3.63) is 35.6 Å². The predicted octanol–water partition coefficient (Wildman–Crippen LogP) is 4.52. The van der Waals surface area contributed by atoms with Crippen molar-refractivity contribution in [2.45, 2.75) is 38.0 Å². The van der Waals surface area contributed by atoms with E-state index in [4.69, 9.17) is 4.74 Å². The van der Waals surface area contributed by atoms with Gasteiger partial charge in [-0.1, -0.05) is 12.1 Å². The zero-order valence-corrected chi connectivity index (χ0v) is 13.2. The molecule has 22 heavy (non-hydrogen) atoms. The molecule has 2 fully saturated rings. The minimum absolute atomic E-state index is 0.155. The van der Waals surface area contributed by atoms with Crippen molar-refractivity contribution in [1.82, 2.24) is 0 Å². The van der Waals surface area contributed by atoms with Crippen molar-refractivity contribution in [3.8, 4) is 6.07 Å². The summed E-state index contributed by atoms with van der Waals surface area (Å²) in [6, 6.07) is 9.50. The lowest BCUT2D eigenvalue weighted by atomic mass is 9.60. The molecule has 0 saturated heterocycles. The Hall–Kier alpha value is -1.40. The molecule has 118 valence electrons. The molecule has 1 aromatic rings. The highest BCUT2D eigenvalue weighted by Crippen LogP contribution is 2.49. The van der Waals surface area contributed by atoms with E-state index in [1.807, 2.05) is 12.1 Å². The average molecular weight is 301 g/mol. The van der Waals surface area contributed by atoms with E-state index in [0.717, 1.165) is 25.9 Å². The summed E-state index contributed by atoms with van der Waals surface area (Å²) < 4.78 is 18.4. The summed E-state index contributed by atoms with van der Waals surface area (Å²) in [7, 11) is 1.75. The van der Waals surface area contributed by atoms with E-state index in [1.54, 1.807) is 19.2 Å². The lowest BCUT2D eigenvalue weighted by molar-refractivity contribution is 0.0432. The molecule has 2 saturated carbocycles. The van der Waals surface area contributed by atoms with Crippen molar-refractivity contribution in [2.75, 3.05) is 13.7 Å². The van der Waals surface area contributed by atoms with E-state index in [0.29, 0.717) is 23.7 Å². The van der Waals surface area contributed by atoms with Crippen LogP contribution in [0.4, 0.5) is 4.39 Å². The zero-order valence-electron chi connectivity index (χ0n) is 13.2. The molecular weight excluding hydrogens is 277 g/mol. The summed E-state index contributed by atoms with van der Waals surface area (Å²) in [5.74, 6) is 2.17. The summed E-state index contributed by atoms with van der Waals surface area (Å²) in [5, 5.41) is 9.57. The van der Waals surface area contributed by atoms with Crippen molar-refractivity contribution < 1.29 is 9.13 Å². The van der Waals surface area contributed by atoms with Gasteiger partial charge in [-0.05, 0) is 73.5 Å². The van der Waals surface area contributed by atoms with Gasteiger partial charge in [-0.3, -0.25) is 0 Å². The molecule has 1 aromatic carbocycles. The fraction of sp³-hybridized carbons (Fsp3) is 0.632. The highest BCUT2D eigenvalue weighted by Gasteiger charge is 2.41. The quantitative estimate of drug-likeness (QED) is 0.822. The second kappa shape index (κ2) is 6.79. The normalized spacial score (nSPS) is 34.7. The molecule has 2 aliphatic carbocycles. The molecule has 0 aliphatic heterocycles. The fourth-order valence-electron chi connectivity index (χ4n) is 4.67. The molecule has 0 radical (unpaired) electrons. The van der Waals surface area contributed by atoms with Gasteiger partial charge in [0.1, 0.15) is 5.82 Å². The third-order valence-corrected chi connectivity index (χ3v) is 5.70. The van der Waals surface area contributed by atoms with Gasteiger partial charge in [0.05, 0.1) is 6.07 Å². The van der Waals surface area contributed by atoms with E-state index < -0.39 is 0 Å². The fourth-order valence-corrected chi connectivity index (χ4v) is 4.67. The SMILES string of the molecule is COCC1CC(C#N)C2CC(c3ccc(F)cc3)CCC2C1. The molecule has 0 N–H and O–H groups in total. The number of nitriles is 1. The number of hydrogen-bond donors (Lipinski definition) is 0. The topological polar surface area (TPSA) is 33.0 Å². The van der Waals surface area contributed by atoms with Gasteiger partial charge in [-0.25, -0.2) is 4.39 Å². The third kappa shape index (κ3) is 3.17. The van der Waals surface area contributed by atoms with E-state index in [1.165, 1.54) is 18.4 Å². The summed E-state index contributed by atoms with van der Waals surface area (Å²) >= 11 is 0. The Morgan fingerprint density at radius 3 is 2.64 bits per heavy atom. The van der Waals surface area contributed by atoms with E-state index in [2.05, 4.69) is 6.07 Å². The van der Waals surface area contributed by atoms with Gasteiger partial charge < -0.3 is 4.74 Å². The van der Waals surface area contributed by atoms with E-state index >= 15 is 0 Å². The second-order valence-electron chi connectivity index (χ2n) is 7.01. The number of rotatable bonds is 3. The maximum absolute atomic E-state index is 13.1. The summed E-state index contributed by atoms with van der Waals surface area (Å²) in [5.41, 5.74) is 1.23. The second-order valence-corrected chi connectivity index (χ2v) is 7.01. The summed E-state index contributed by atoms with van der Waals surface area (Å²) in [4.78, 5) is 0. The lowest BCUT2D eigenvalue weighted by Gasteiger charge is -2.44. The van der Waals surface area contributed by atoms with Gasteiger partial charge in [-0.2, -0.15) is 5.26 Å². The van der Waals surface area contributed by atoms with Gasteiger partial charge in [0, 0.05) is 19.6 Å². The Bertz CT molecular complexity index is 535. The first kappa shape index (κ1) is 15.5. The minimum atomic E-state index is -0.174. The number of nitrogens with zero attached hydrogens (tertiary/aromatic N) is 1. The van der Waals surface area contributed by atoms with Crippen molar-refractivity contribution >= 4 is 0 Å². The maximum Gasteiger partial charge on any atom is 0.123 e. The van der Waals surface area contributed by atoms with Crippen LogP contribution in [-0.4, -0.2) is 13.7 Å². The minimum Gasteiger partial charge on any atom is -0.384 e. The van der Waals surface area contributed by atoms with Crippen LogP contribution in [0.1, 0.15) is 43.6 Å². The molecular formula is C19H24FNO. The molecule has 2 nitrogen and oxygen atoms in total. The molecule has 0 spiro atoms. The van der Waals surface area contributed by atoms with Crippen LogP contribution in [0.25, 0.3) is 0 Å². The largest absolute Gasteiger partial charge is 0.384 e. The average Bonchev–Trinajstić information content (AvgIpc) is 2.55. The Morgan fingerprint density at radius 1 is 1.18 bits per heavy atom. The van der Waals surface area contributed by atoms with Crippen molar-refractivity contribution in [3.63, 3.8) is 0 Å². The number of fused-ring (bicyclic) bond motifs is 1.